The van der Waals surface area contributed by atoms with Crippen molar-refractivity contribution in [3.05, 3.63) is 106 Å². The average Bonchev–Trinajstić information content (AvgIpc) is 3.52. The van der Waals surface area contributed by atoms with Crippen LogP contribution in [0.1, 0.15) is 64.9 Å². The van der Waals surface area contributed by atoms with Gasteiger partial charge in [0.05, 0.1) is 41.2 Å². The van der Waals surface area contributed by atoms with Crippen molar-refractivity contribution in [3.63, 3.8) is 0 Å². The number of aryl methyl sites for hydroxylation is 1. The third-order valence-electron chi connectivity index (χ3n) is 8.75. The Kier molecular flexibility index (Phi) is 8.16. The molecule has 222 valence electrons. The summed E-state index contributed by atoms with van der Waals surface area (Å²) < 4.78 is 7.15. The first-order valence-corrected chi connectivity index (χ1v) is 15.5. The molecule has 4 heterocycles. The van der Waals surface area contributed by atoms with E-state index >= 15 is 0 Å². The second-order valence-corrected chi connectivity index (χ2v) is 12.3. The highest BCUT2D eigenvalue weighted by Crippen LogP contribution is 2.45. The number of benzene rings is 2. The molecule has 0 amide bonds. The standard InChI is InChI=1S/C34H36ClN5O2S/c1-21-13-16-38(17-14-21)30-12-11-26(20-28(30)35)40-32(31(37-34(40)43)29-10-5-6-15-36-29)27-18-22(2)39(23(27)3)25-9-7-8-24(19-25)33(41)42-4/h5-12,15,18-21,31-32H,13-14,16-17H2,1-4H3,(H,37,43)/t31-,32+/m0/s1. The molecule has 0 unspecified atom stereocenters. The molecule has 2 atom stereocenters. The number of anilines is 2. The number of pyridine rings is 1. The van der Waals surface area contributed by atoms with Gasteiger partial charge in [-0.15, -0.1) is 0 Å². The topological polar surface area (TPSA) is 62.6 Å². The van der Waals surface area contributed by atoms with Crippen molar-refractivity contribution in [2.75, 3.05) is 30.0 Å². The summed E-state index contributed by atoms with van der Waals surface area (Å²) in [5, 5.41) is 4.91. The van der Waals surface area contributed by atoms with Crippen molar-refractivity contribution in [3.8, 4) is 5.69 Å². The van der Waals surface area contributed by atoms with Crippen LogP contribution in [0.3, 0.4) is 0 Å². The van der Waals surface area contributed by atoms with E-state index in [0.29, 0.717) is 10.7 Å². The fourth-order valence-electron chi connectivity index (χ4n) is 6.47. The van der Waals surface area contributed by atoms with Gasteiger partial charge in [0.15, 0.2) is 5.11 Å². The molecule has 2 saturated heterocycles. The normalized spacial score (nSPS) is 19.0. The van der Waals surface area contributed by atoms with Crippen LogP contribution in [0.5, 0.6) is 0 Å². The zero-order valence-corrected chi connectivity index (χ0v) is 26.5. The number of hydrogen-bond donors (Lipinski definition) is 1. The summed E-state index contributed by atoms with van der Waals surface area (Å²) in [6.45, 7) is 8.52. The summed E-state index contributed by atoms with van der Waals surface area (Å²) >= 11 is 13.0. The van der Waals surface area contributed by atoms with E-state index in [1.54, 1.807) is 6.07 Å². The van der Waals surface area contributed by atoms with Gasteiger partial charge in [0.1, 0.15) is 0 Å². The highest BCUT2D eigenvalue weighted by atomic mass is 35.5. The fraction of sp³-hybridized carbons (Fsp3) is 0.324. The Hall–Kier alpha value is -3.88. The molecule has 1 N–H and O–H groups in total. The average molecular weight is 614 g/mol. The lowest BCUT2D eigenvalue weighted by atomic mass is 9.96. The van der Waals surface area contributed by atoms with Gasteiger partial charge >= 0.3 is 5.97 Å². The maximum atomic E-state index is 12.3. The molecule has 0 saturated carbocycles. The number of thiocarbonyl (C=S) groups is 1. The van der Waals surface area contributed by atoms with Crippen molar-refractivity contribution >= 4 is 46.3 Å². The van der Waals surface area contributed by atoms with Crippen LogP contribution in [0.4, 0.5) is 11.4 Å². The Balaban J connectivity index is 1.43. The van der Waals surface area contributed by atoms with E-state index in [1.807, 2.05) is 48.7 Å². The summed E-state index contributed by atoms with van der Waals surface area (Å²) in [5.41, 5.74) is 7.49. The number of methoxy groups -OCH3 is 1. The van der Waals surface area contributed by atoms with Crippen LogP contribution in [0.25, 0.3) is 5.69 Å². The van der Waals surface area contributed by atoms with Crippen LogP contribution in [-0.4, -0.2) is 40.8 Å². The summed E-state index contributed by atoms with van der Waals surface area (Å²) in [5.74, 6) is 0.379. The van der Waals surface area contributed by atoms with Crippen LogP contribution >= 0.6 is 23.8 Å². The van der Waals surface area contributed by atoms with Gasteiger partial charge in [-0.2, -0.15) is 0 Å². The number of ether oxygens (including phenoxy) is 1. The molecule has 43 heavy (non-hydrogen) atoms. The number of hydrogen-bond acceptors (Lipinski definition) is 5. The Morgan fingerprint density at radius 1 is 1.02 bits per heavy atom. The van der Waals surface area contributed by atoms with Crippen LogP contribution in [0.2, 0.25) is 5.02 Å². The lowest BCUT2D eigenvalue weighted by Gasteiger charge is -2.33. The molecule has 6 rings (SSSR count). The number of esters is 1. The number of carbonyl (C=O) groups excluding carboxylic acids is 1. The first kappa shape index (κ1) is 29.2. The monoisotopic (exact) mass is 613 g/mol. The molecular formula is C34H36ClN5O2S. The zero-order valence-electron chi connectivity index (χ0n) is 24.9. The van der Waals surface area contributed by atoms with Crippen LogP contribution < -0.4 is 15.1 Å². The van der Waals surface area contributed by atoms with Gasteiger partial charge in [-0.3, -0.25) is 4.98 Å². The number of piperidine rings is 1. The molecule has 9 heteroatoms. The second-order valence-electron chi connectivity index (χ2n) is 11.5. The van der Waals surface area contributed by atoms with Crippen molar-refractivity contribution < 1.29 is 9.53 Å². The van der Waals surface area contributed by atoms with Gasteiger partial charge in [0.2, 0.25) is 0 Å². The number of nitrogens with zero attached hydrogens (tertiary/aromatic N) is 4. The van der Waals surface area contributed by atoms with E-state index in [-0.39, 0.29) is 18.1 Å². The molecule has 2 aliphatic heterocycles. The van der Waals surface area contributed by atoms with Gasteiger partial charge in [0.25, 0.3) is 0 Å². The minimum absolute atomic E-state index is 0.189. The van der Waals surface area contributed by atoms with Crippen molar-refractivity contribution in [2.24, 2.45) is 5.92 Å². The third kappa shape index (κ3) is 5.50. The van der Waals surface area contributed by atoms with Gasteiger partial charge < -0.3 is 24.4 Å². The molecule has 0 spiro atoms. The molecule has 7 nitrogen and oxygen atoms in total. The Labute approximate surface area is 263 Å². The maximum Gasteiger partial charge on any atom is 0.337 e. The van der Waals surface area contributed by atoms with Crippen molar-refractivity contribution in [2.45, 2.75) is 45.7 Å². The summed E-state index contributed by atoms with van der Waals surface area (Å²) in [4.78, 5) is 21.6. The summed E-state index contributed by atoms with van der Waals surface area (Å²) in [7, 11) is 1.40. The first-order valence-electron chi connectivity index (χ1n) is 14.7. The van der Waals surface area contributed by atoms with Gasteiger partial charge in [0, 0.05) is 42.0 Å². The quantitative estimate of drug-likeness (QED) is 0.180. The maximum absolute atomic E-state index is 12.3. The predicted molar refractivity (Wildman–Crippen MR) is 177 cm³/mol. The van der Waals surface area contributed by atoms with E-state index in [0.717, 1.165) is 63.7 Å². The molecule has 2 fully saturated rings. The lowest BCUT2D eigenvalue weighted by Crippen LogP contribution is -2.33. The smallest absolute Gasteiger partial charge is 0.337 e. The highest BCUT2D eigenvalue weighted by Gasteiger charge is 2.42. The Morgan fingerprint density at radius 3 is 2.51 bits per heavy atom. The Bertz CT molecular complexity index is 1660. The van der Waals surface area contributed by atoms with Gasteiger partial charge in [-0.05, 0) is 105 Å². The van der Waals surface area contributed by atoms with Crippen molar-refractivity contribution in [1.82, 2.24) is 14.9 Å². The summed E-state index contributed by atoms with van der Waals surface area (Å²) in [6, 6.07) is 21.6. The molecule has 0 radical (unpaired) electrons. The molecule has 2 aromatic carbocycles. The molecular weight excluding hydrogens is 578 g/mol. The van der Waals surface area contributed by atoms with Crippen LogP contribution in [0.15, 0.2) is 72.9 Å². The molecule has 0 aliphatic carbocycles. The van der Waals surface area contributed by atoms with E-state index < -0.39 is 0 Å². The number of halogens is 1. The second kappa shape index (κ2) is 12.0. The SMILES string of the molecule is COC(=O)c1cccc(-n2c(C)cc([C@@H]3[C@H](c4ccccn4)NC(=S)N3c3ccc(N4CCC(C)CC4)c(Cl)c3)c2C)c1. The Morgan fingerprint density at radius 2 is 1.81 bits per heavy atom. The number of carbonyl (C=O) groups is 1. The van der Waals surface area contributed by atoms with E-state index in [1.165, 1.54) is 20.0 Å². The molecule has 0 bridgehead atoms. The van der Waals surface area contributed by atoms with Crippen LogP contribution in [0, 0.1) is 19.8 Å². The lowest BCUT2D eigenvalue weighted by molar-refractivity contribution is 0.0600. The molecule has 4 aromatic rings. The number of nitrogens with one attached hydrogen (secondary N) is 1. The highest BCUT2D eigenvalue weighted by molar-refractivity contribution is 7.80. The largest absolute Gasteiger partial charge is 0.465 e. The number of aromatic nitrogens is 2. The van der Waals surface area contributed by atoms with Gasteiger partial charge in [-0.25, -0.2) is 4.79 Å². The molecule has 2 aromatic heterocycles. The van der Waals surface area contributed by atoms with Crippen molar-refractivity contribution in [1.29, 1.82) is 0 Å². The minimum Gasteiger partial charge on any atom is -0.465 e. The van der Waals surface area contributed by atoms with E-state index in [4.69, 9.17) is 33.5 Å². The van der Waals surface area contributed by atoms with E-state index in [9.17, 15) is 4.79 Å². The van der Waals surface area contributed by atoms with Gasteiger partial charge in [-0.1, -0.05) is 30.7 Å². The number of rotatable bonds is 6. The molecule has 2 aliphatic rings. The minimum atomic E-state index is -0.365. The van der Waals surface area contributed by atoms with Crippen LogP contribution in [-0.2, 0) is 4.74 Å². The first-order chi connectivity index (χ1) is 20.8. The fourth-order valence-corrected chi connectivity index (χ4v) is 7.12. The van der Waals surface area contributed by atoms with E-state index in [2.05, 4.69) is 58.7 Å². The zero-order chi connectivity index (χ0) is 30.2. The predicted octanol–water partition coefficient (Wildman–Crippen LogP) is 7.34. The summed E-state index contributed by atoms with van der Waals surface area (Å²) in [6.07, 6.45) is 4.15. The third-order valence-corrected chi connectivity index (χ3v) is 9.36.